The van der Waals surface area contributed by atoms with Crippen LogP contribution in [-0.2, 0) is 54.2 Å². The minimum absolute atomic E-state index is 0.0548. The fourth-order valence-corrected chi connectivity index (χ4v) is 2.88. The predicted octanol–water partition coefficient (Wildman–Crippen LogP) is 0.879. The number of hydrogen-bond acceptors (Lipinski definition) is 11. The molecule has 0 spiro atoms. The van der Waals surface area contributed by atoms with Crippen LogP contribution in [0.15, 0.2) is 22.8 Å². The van der Waals surface area contributed by atoms with Crippen molar-refractivity contribution in [3.05, 3.63) is 24.2 Å². The van der Waals surface area contributed by atoms with Crippen molar-refractivity contribution in [2.45, 2.75) is 65.0 Å². The van der Waals surface area contributed by atoms with Crippen LogP contribution in [0.25, 0.3) is 0 Å². The third-order valence-corrected chi connectivity index (χ3v) is 3.92. The van der Waals surface area contributed by atoms with Crippen molar-refractivity contribution in [1.82, 2.24) is 0 Å². The fourth-order valence-electron chi connectivity index (χ4n) is 2.88. The zero-order chi connectivity index (χ0) is 22.3. The molecule has 0 N–H and O–H groups in total. The summed E-state index contributed by atoms with van der Waals surface area (Å²) < 4.78 is 37.5. The Hall–Kier alpha value is -2.92. The summed E-state index contributed by atoms with van der Waals surface area (Å²) in [5.41, 5.74) is 0. The van der Waals surface area contributed by atoms with E-state index in [1.165, 1.54) is 13.2 Å². The maximum atomic E-state index is 11.7. The van der Waals surface area contributed by atoms with E-state index in [-0.39, 0.29) is 13.2 Å². The molecule has 0 bridgehead atoms. The van der Waals surface area contributed by atoms with E-state index in [2.05, 4.69) is 0 Å². The second kappa shape index (κ2) is 10.7. The average Bonchev–Trinajstić information content (AvgIpc) is 3.15. The van der Waals surface area contributed by atoms with Crippen LogP contribution in [0.4, 0.5) is 0 Å². The molecule has 166 valence electrons. The van der Waals surface area contributed by atoms with Gasteiger partial charge < -0.3 is 32.8 Å². The van der Waals surface area contributed by atoms with Crippen LogP contribution >= 0.6 is 0 Å². The zero-order valence-electron chi connectivity index (χ0n) is 17.0. The van der Waals surface area contributed by atoms with E-state index >= 15 is 0 Å². The predicted molar refractivity (Wildman–Crippen MR) is 95.5 cm³/mol. The first-order chi connectivity index (χ1) is 14.2. The Morgan fingerprint density at radius 3 is 2.00 bits per heavy atom. The van der Waals surface area contributed by atoms with Gasteiger partial charge in [0.1, 0.15) is 25.1 Å². The Bertz CT molecular complexity index is 742. The molecule has 11 heteroatoms. The van der Waals surface area contributed by atoms with Crippen LogP contribution in [0, 0.1) is 0 Å². The standard InChI is InChI=1S/C19H24O11/c1-10(20)25-9-15-16(27-11(2)21)17(28-12(3)22)18(29-13(4)23)19(30-15)26-8-14-6-5-7-24-14/h5-7,15-19H,8-9H2,1-4H3/t15-,16-,17+,18-,19-/m1/s1. The molecule has 0 aliphatic carbocycles. The van der Waals surface area contributed by atoms with Gasteiger partial charge in [0.2, 0.25) is 0 Å². The van der Waals surface area contributed by atoms with Gasteiger partial charge in [0.05, 0.1) is 6.26 Å². The molecular formula is C19H24O11. The molecule has 1 fully saturated rings. The molecule has 11 nitrogen and oxygen atoms in total. The summed E-state index contributed by atoms with van der Waals surface area (Å²) in [4.78, 5) is 46.3. The lowest BCUT2D eigenvalue weighted by molar-refractivity contribution is -0.311. The lowest BCUT2D eigenvalue weighted by Crippen LogP contribution is -2.62. The van der Waals surface area contributed by atoms with Gasteiger partial charge in [-0.25, -0.2) is 0 Å². The molecule has 0 unspecified atom stereocenters. The SMILES string of the molecule is CC(=O)OC[C@H]1O[C@@H](OCc2ccco2)[C@H](OC(C)=O)[C@@H](OC(C)=O)[C@@H]1OC(C)=O. The Labute approximate surface area is 172 Å². The van der Waals surface area contributed by atoms with Crippen molar-refractivity contribution in [2.75, 3.05) is 6.61 Å². The van der Waals surface area contributed by atoms with Crippen molar-refractivity contribution in [1.29, 1.82) is 0 Å². The summed E-state index contributed by atoms with van der Waals surface area (Å²) in [5.74, 6) is -2.26. The molecule has 30 heavy (non-hydrogen) atoms. The van der Waals surface area contributed by atoms with Crippen LogP contribution in [0.1, 0.15) is 33.5 Å². The highest BCUT2D eigenvalue weighted by Crippen LogP contribution is 2.30. The minimum Gasteiger partial charge on any atom is -0.467 e. The van der Waals surface area contributed by atoms with E-state index in [9.17, 15) is 19.2 Å². The van der Waals surface area contributed by atoms with Crippen LogP contribution in [0.3, 0.4) is 0 Å². The monoisotopic (exact) mass is 428 g/mol. The van der Waals surface area contributed by atoms with Crippen molar-refractivity contribution >= 4 is 23.9 Å². The van der Waals surface area contributed by atoms with Gasteiger partial charge in [0.15, 0.2) is 24.6 Å². The maximum absolute atomic E-state index is 11.7. The van der Waals surface area contributed by atoms with Gasteiger partial charge in [0.25, 0.3) is 0 Å². The van der Waals surface area contributed by atoms with Gasteiger partial charge in [0, 0.05) is 27.7 Å². The highest BCUT2D eigenvalue weighted by molar-refractivity contribution is 5.68. The number of ether oxygens (including phenoxy) is 6. The second-order valence-corrected chi connectivity index (χ2v) is 6.46. The topological polar surface area (TPSA) is 137 Å². The Morgan fingerprint density at radius 1 is 0.867 bits per heavy atom. The molecule has 1 aromatic rings. The largest absolute Gasteiger partial charge is 0.467 e. The molecule has 0 radical (unpaired) electrons. The summed E-state index contributed by atoms with van der Waals surface area (Å²) >= 11 is 0. The molecule has 0 aromatic carbocycles. The van der Waals surface area contributed by atoms with Gasteiger partial charge in [-0.05, 0) is 12.1 Å². The van der Waals surface area contributed by atoms with Crippen molar-refractivity contribution in [3.63, 3.8) is 0 Å². The lowest BCUT2D eigenvalue weighted by atomic mass is 9.98. The smallest absolute Gasteiger partial charge is 0.303 e. The van der Waals surface area contributed by atoms with E-state index in [0.29, 0.717) is 5.76 Å². The second-order valence-electron chi connectivity index (χ2n) is 6.46. The van der Waals surface area contributed by atoms with E-state index in [4.69, 9.17) is 32.8 Å². The van der Waals surface area contributed by atoms with Crippen LogP contribution in [-0.4, -0.2) is 61.2 Å². The van der Waals surface area contributed by atoms with Gasteiger partial charge in [-0.2, -0.15) is 0 Å². The third kappa shape index (κ3) is 6.85. The first-order valence-corrected chi connectivity index (χ1v) is 9.11. The van der Waals surface area contributed by atoms with Crippen molar-refractivity contribution in [3.8, 4) is 0 Å². The van der Waals surface area contributed by atoms with Gasteiger partial charge in [-0.3, -0.25) is 19.2 Å². The lowest BCUT2D eigenvalue weighted by Gasteiger charge is -2.43. The zero-order valence-corrected chi connectivity index (χ0v) is 17.0. The van der Waals surface area contributed by atoms with Crippen LogP contribution in [0.2, 0.25) is 0 Å². The number of esters is 4. The van der Waals surface area contributed by atoms with E-state index in [1.807, 2.05) is 0 Å². The first kappa shape index (κ1) is 23.4. The molecule has 1 saturated heterocycles. The van der Waals surface area contributed by atoms with E-state index in [1.54, 1.807) is 12.1 Å². The molecule has 2 rings (SSSR count). The van der Waals surface area contributed by atoms with Gasteiger partial charge >= 0.3 is 23.9 Å². The number of furan rings is 1. The normalized spacial score (nSPS) is 25.8. The summed E-state index contributed by atoms with van der Waals surface area (Å²) in [7, 11) is 0. The fraction of sp³-hybridized carbons (Fsp3) is 0.579. The van der Waals surface area contributed by atoms with Gasteiger partial charge in [-0.15, -0.1) is 0 Å². The number of hydrogen-bond donors (Lipinski definition) is 0. The maximum Gasteiger partial charge on any atom is 0.303 e. The molecular weight excluding hydrogens is 404 g/mol. The molecule has 5 atom stereocenters. The first-order valence-electron chi connectivity index (χ1n) is 9.11. The highest BCUT2D eigenvalue weighted by Gasteiger charge is 2.52. The van der Waals surface area contributed by atoms with Crippen LogP contribution < -0.4 is 0 Å². The molecule has 1 aromatic heterocycles. The van der Waals surface area contributed by atoms with Crippen molar-refractivity contribution < 1.29 is 52.0 Å². The average molecular weight is 428 g/mol. The summed E-state index contributed by atoms with van der Waals surface area (Å²) in [6.45, 7) is 4.26. The molecule has 1 aliphatic heterocycles. The molecule has 0 amide bonds. The quantitative estimate of drug-likeness (QED) is 0.431. The molecule has 1 aliphatic rings. The Kier molecular flexibility index (Phi) is 8.36. The number of carbonyl (C=O) groups is 4. The molecule has 0 saturated carbocycles. The number of rotatable bonds is 8. The van der Waals surface area contributed by atoms with Crippen molar-refractivity contribution in [2.24, 2.45) is 0 Å². The summed E-state index contributed by atoms with van der Waals surface area (Å²) in [6, 6.07) is 3.32. The highest BCUT2D eigenvalue weighted by atomic mass is 16.7. The Balaban J connectivity index is 2.34. The molecule has 2 heterocycles. The minimum atomic E-state index is -1.27. The Morgan fingerprint density at radius 2 is 1.47 bits per heavy atom. The summed E-state index contributed by atoms with van der Waals surface area (Å²) in [6.07, 6.45) is -4.61. The third-order valence-electron chi connectivity index (χ3n) is 3.92. The summed E-state index contributed by atoms with van der Waals surface area (Å²) in [5, 5.41) is 0. The van der Waals surface area contributed by atoms with Crippen LogP contribution in [0.5, 0.6) is 0 Å². The van der Waals surface area contributed by atoms with E-state index < -0.39 is 54.6 Å². The number of carbonyl (C=O) groups excluding carboxylic acids is 4. The van der Waals surface area contributed by atoms with Gasteiger partial charge in [-0.1, -0.05) is 0 Å². The van der Waals surface area contributed by atoms with E-state index in [0.717, 1.165) is 20.8 Å².